The predicted octanol–water partition coefficient (Wildman–Crippen LogP) is 3.44. The molecule has 5 heteroatoms. The number of carbonyl (C=O) groups is 1. The molecule has 1 aromatic heterocycles. The molecule has 1 aromatic carbocycles. The van der Waals surface area contributed by atoms with Crippen molar-refractivity contribution in [2.75, 3.05) is 45.9 Å². The first-order valence-corrected chi connectivity index (χ1v) is 11.0. The Hall–Kier alpha value is -2.11. The second-order valence-electron chi connectivity index (χ2n) is 9.20. The topological polar surface area (TPSA) is 37.7 Å². The van der Waals surface area contributed by atoms with E-state index in [1.165, 1.54) is 19.4 Å². The molecule has 3 heterocycles. The zero-order valence-corrected chi connectivity index (χ0v) is 17.1. The fourth-order valence-electron chi connectivity index (χ4n) is 5.00. The Balaban J connectivity index is 1.28. The predicted molar refractivity (Wildman–Crippen MR) is 113 cm³/mol. The highest BCUT2D eigenvalue weighted by Crippen LogP contribution is 2.36. The molecule has 1 aliphatic carbocycles. The largest absolute Gasteiger partial charge is 0.379 e. The maximum absolute atomic E-state index is 13.2. The van der Waals surface area contributed by atoms with Gasteiger partial charge >= 0.3 is 0 Å². The highest BCUT2D eigenvalue weighted by atomic mass is 16.5. The number of amides is 1. The van der Waals surface area contributed by atoms with E-state index in [0.717, 1.165) is 69.4 Å². The first-order valence-electron chi connectivity index (χ1n) is 11.0. The van der Waals surface area contributed by atoms with Gasteiger partial charge in [-0.2, -0.15) is 0 Å². The summed E-state index contributed by atoms with van der Waals surface area (Å²) in [6.07, 6.45) is 9.02. The second kappa shape index (κ2) is 7.96. The van der Waals surface area contributed by atoms with Crippen molar-refractivity contribution >= 4 is 5.91 Å². The van der Waals surface area contributed by atoms with Gasteiger partial charge in [-0.15, -0.1) is 0 Å². The standard InChI is InChI=1S/C24H31N3O2/c28-23(21-6-8-22(9-7-21)26-11-1-2-12-26)27-13-3-10-24(18-27)17-25(14-15-29-19-24)16-20-4-5-20/h1-2,6-9,11-12,20H,3-5,10,13-19H2. The van der Waals surface area contributed by atoms with Crippen LogP contribution < -0.4 is 0 Å². The lowest BCUT2D eigenvalue weighted by Gasteiger charge is -2.43. The van der Waals surface area contributed by atoms with Crippen LogP contribution in [-0.2, 0) is 4.74 Å². The van der Waals surface area contributed by atoms with Gasteiger partial charge in [-0.05, 0) is 68.0 Å². The summed E-state index contributed by atoms with van der Waals surface area (Å²) in [6, 6.07) is 12.0. The van der Waals surface area contributed by atoms with Gasteiger partial charge in [0.05, 0.1) is 13.2 Å². The van der Waals surface area contributed by atoms with Crippen LogP contribution in [0.15, 0.2) is 48.8 Å². The molecule has 2 aliphatic heterocycles. The number of hydrogen-bond donors (Lipinski definition) is 0. The van der Waals surface area contributed by atoms with Crippen LogP contribution in [0.25, 0.3) is 5.69 Å². The lowest BCUT2D eigenvalue weighted by molar-refractivity contribution is 0.00717. The average molecular weight is 394 g/mol. The van der Waals surface area contributed by atoms with E-state index in [9.17, 15) is 4.79 Å². The van der Waals surface area contributed by atoms with Gasteiger partial charge in [0, 0.05) is 61.8 Å². The number of benzene rings is 1. The summed E-state index contributed by atoms with van der Waals surface area (Å²) in [5.74, 6) is 1.05. The van der Waals surface area contributed by atoms with Gasteiger partial charge in [-0.3, -0.25) is 4.79 Å². The third-order valence-electron chi connectivity index (χ3n) is 6.70. The lowest BCUT2D eigenvalue weighted by Crippen LogP contribution is -2.52. The van der Waals surface area contributed by atoms with Crippen molar-refractivity contribution in [2.24, 2.45) is 11.3 Å². The van der Waals surface area contributed by atoms with Crippen molar-refractivity contribution in [2.45, 2.75) is 25.7 Å². The van der Waals surface area contributed by atoms with Crippen molar-refractivity contribution in [3.05, 3.63) is 54.4 Å². The lowest BCUT2D eigenvalue weighted by atomic mass is 9.79. The fourth-order valence-corrected chi connectivity index (χ4v) is 5.00. The monoisotopic (exact) mass is 393 g/mol. The molecule has 2 saturated heterocycles. The van der Waals surface area contributed by atoms with Gasteiger partial charge in [-0.1, -0.05) is 0 Å². The molecule has 0 radical (unpaired) electrons. The summed E-state index contributed by atoms with van der Waals surface area (Å²) in [6.45, 7) is 6.58. The first kappa shape index (κ1) is 18.9. The summed E-state index contributed by atoms with van der Waals surface area (Å²) < 4.78 is 8.09. The molecule has 29 heavy (non-hydrogen) atoms. The zero-order chi connectivity index (χ0) is 19.7. The quantitative estimate of drug-likeness (QED) is 0.799. The van der Waals surface area contributed by atoms with E-state index in [-0.39, 0.29) is 11.3 Å². The summed E-state index contributed by atoms with van der Waals surface area (Å²) in [5.41, 5.74) is 1.95. The number of ether oxygens (including phenoxy) is 1. The van der Waals surface area contributed by atoms with Crippen molar-refractivity contribution in [1.29, 1.82) is 0 Å². The molecule has 1 spiro atoms. The van der Waals surface area contributed by atoms with Crippen LogP contribution in [0.3, 0.4) is 0 Å². The van der Waals surface area contributed by atoms with E-state index in [2.05, 4.69) is 14.4 Å². The highest BCUT2D eigenvalue weighted by Gasteiger charge is 2.41. The molecular weight excluding hydrogens is 362 g/mol. The molecule has 0 bridgehead atoms. The number of piperidine rings is 1. The Morgan fingerprint density at radius 1 is 1.07 bits per heavy atom. The van der Waals surface area contributed by atoms with E-state index in [1.54, 1.807) is 0 Å². The minimum absolute atomic E-state index is 0.0877. The van der Waals surface area contributed by atoms with Crippen LogP contribution in [-0.4, -0.2) is 66.2 Å². The maximum Gasteiger partial charge on any atom is 0.253 e. The smallest absolute Gasteiger partial charge is 0.253 e. The van der Waals surface area contributed by atoms with Crippen LogP contribution in [0.2, 0.25) is 0 Å². The Bertz CT molecular complexity index is 828. The van der Waals surface area contributed by atoms with Crippen molar-refractivity contribution < 1.29 is 9.53 Å². The average Bonchev–Trinajstić information content (AvgIpc) is 3.44. The Morgan fingerprint density at radius 2 is 1.86 bits per heavy atom. The van der Waals surface area contributed by atoms with Crippen molar-refractivity contribution in [3.63, 3.8) is 0 Å². The van der Waals surface area contributed by atoms with Crippen LogP contribution in [0.4, 0.5) is 0 Å². The molecular formula is C24H31N3O2. The summed E-state index contributed by atoms with van der Waals surface area (Å²) in [4.78, 5) is 17.9. The van der Waals surface area contributed by atoms with Gasteiger partial charge in [0.25, 0.3) is 5.91 Å². The Kier molecular flexibility index (Phi) is 5.18. The van der Waals surface area contributed by atoms with Crippen LogP contribution in [0.5, 0.6) is 0 Å². The van der Waals surface area contributed by atoms with E-state index in [4.69, 9.17) is 4.74 Å². The number of likely N-dealkylation sites (tertiary alicyclic amines) is 1. The molecule has 3 aliphatic rings. The fraction of sp³-hybridized carbons (Fsp3) is 0.542. The van der Waals surface area contributed by atoms with E-state index in [1.807, 2.05) is 48.8 Å². The van der Waals surface area contributed by atoms with E-state index < -0.39 is 0 Å². The SMILES string of the molecule is O=C(c1ccc(-n2cccc2)cc1)N1CCCC2(COCCN(CC3CC3)C2)C1. The summed E-state index contributed by atoms with van der Waals surface area (Å²) in [5, 5.41) is 0. The first-order chi connectivity index (χ1) is 14.2. The maximum atomic E-state index is 13.2. The van der Waals surface area contributed by atoms with Gasteiger partial charge in [-0.25, -0.2) is 0 Å². The van der Waals surface area contributed by atoms with Gasteiger partial charge < -0.3 is 19.1 Å². The minimum atomic E-state index is 0.0877. The van der Waals surface area contributed by atoms with Crippen LogP contribution >= 0.6 is 0 Å². The van der Waals surface area contributed by atoms with Crippen molar-refractivity contribution in [3.8, 4) is 5.69 Å². The zero-order valence-electron chi connectivity index (χ0n) is 17.1. The van der Waals surface area contributed by atoms with Crippen molar-refractivity contribution in [1.82, 2.24) is 14.4 Å². The number of carbonyl (C=O) groups excluding carboxylic acids is 1. The second-order valence-corrected chi connectivity index (χ2v) is 9.20. The molecule has 2 aromatic rings. The molecule has 5 nitrogen and oxygen atoms in total. The van der Waals surface area contributed by atoms with Gasteiger partial charge in [0.1, 0.15) is 0 Å². The van der Waals surface area contributed by atoms with E-state index in [0.29, 0.717) is 0 Å². The molecule has 3 fully saturated rings. The molecule has 1 amide bonds. The minimum Gasteiger partial charge on any atom is -0.379 e. The van der Waals surface area contributed by atoms with Gasteiger partial charge in [0.2, 0.25) is 0 Å². The number of nitrogens with zero attached hydrogens (tertiary/aromatic N) is 3. The molecule has 1 saturated carbocycles. The van der Waals surface area contributed by atoms with E-state index >= 15 is 0 Å². The van der Waals surface area contributed by atoms with Crippen LogP contribution in [0.1, 0.15) is 36.0 Å². The Labute approximate surface area is 173 Å². The normalized spacial score (nSPS) is 25.9. The third-order valence-corrected chi connectivity index (χ3v) is 6.70. The number of rotatable bonds is 4. The van der Waals surface area contributed by atoms with Crippen LogP contribution in [0, 0.1) is 11.3 Å². The Morgan fingerprint density at radius 3 is 2.62 bits per heavy atom. The molecule has 1 unspecified atom stereocenters. The molecule has 0 N–H and O–H groups in total. The third kappa shape index (κ3) is 4.26. The number of hydrogen-bond acceptors (Lipinski definition) is 3. The van der Waals surface area contributed by atoms with Gasteiger partial charge in [0.15, 0.2) is 0 Å². The number of aromatic nitrogens is 1. The molecule has 1 atom stereocenters. The molecule has 154 valence electrons. The highest BCUT2D eigenvalue weighted by molar-refractivity contribution is 5.94. The summed E-state index contributed by atoms with van der Waals surface area (Å²) >= 11 is 0. The summed E-state index contributed by atoms with van der Waals surface area (Å²) in [7, 11) is 0. The molecule has 5 rings (SSSR count).